The van der Waals surface area contributed by atoms with Gasteiger partial charge in [0.2, 0.25) is 5.69 Å². The fourth-order valence-electron chi connectivity index (χ4n) is 4.06. The minimum atomic E-state index is 0.142. The van der Waals surface area contributed by atoms with E-state index in [-0.39, 0.29) is 5.41 Å². The van der Waals surface area contributed by atoms with Crippen molar-refractivity contribution in [3.8, 4) is 22.4 Å². The summed E-state index contributed by atoms with van der Waals surface area (Å²) in [6.45, 7) is 11.2. The second kappa shape index (κ2) is 7.15. The van der Waals surface area contributed by atoms with E-state index in [1.165, 1.54) is 50.0 Å². The summed E-state index contributed by atoms with van der Waals surface area (Å²) in [5.74, 6) is 0. The lowest BCUT2D eigenvalue weighted by atomic mass is 9.85. The molecule has 1 nitrogen and oxygen atoms in total. The van der Waals surface area contributed by atoms with Crippen LogP contribution in [0.1, 0.15) is 37.6 Å². The molecule has 0 radical (unpaired) electrons. The molecule has 0 aliphatic carbocycles. The number of hydrogen-bond acceptors (Lipinski definition) is 0. The second-order valence-corrected chi connectivity index (χ2v) is 9.14. The van der Waals surface area contributed by atoms with Crippen molar-refractivity contribution in [1.29, 1.82) is 0 Å². The summed E-state index contributed by atoms with van der Waals surface area (Å²) in [5.41, 5.74) is 9.18. The number of benzene rings is 3. The summed E-state index contributed by atoms with van der Waals surface area (Å²) in [7, 11) is 2.18. The molecule has 3 aromatic carbocycles. The zero-order valence-electron chi connectivity index (χ0n) is 18.4. The van der Waals surface area contributed by atoms with Gasteiger partial charge in [-0.25, -0.2) is 0 Å². The molecule has 1 heteroatoms. The van der Waals surface area contributed by atoms with Gasteiger partial charge in [-0.1, -0.05) is 75.4 Å². The first-order chi connectivity index (χ1) is 13.8. The number of aromatic nitrogens is 1. The number of fused-ring (bicyclic) bond motifs is 1. The SMILES string of the molecule is Cc1ccc(-c2ccccc2)cc1-c1c2ccc(C(C)(C)C)cc2cc(C)[n+]1C. The molecule has 29 heavy (non-hydrogen) atoms. The number of nitrogens with zero attached hydrogens (tertiary/aromatic N) is 1. The van der Waals surface area contributed by atoms with Crippen molar-refractivity contribution in [2.45, 2.75) is 40.0 Å². The maximum absolute atomic E-state index is 2.36. The molecule has 0 aliphatic heterocycles. The van der Waals surface area contributed by atoms with Crippen LogP contribution in [0.4, 0.5) is 0 Å². The number of pyridine rings is 1. The van der Waals surface area contributed by atoms with Crippen LogP contribution in [0.15, 0.2) is 72.8 Å². The predicted octanol–water partition coefficient (Wildman–Crippen LogP) is 6.91. The molecule has 0 saturated carbocycles. The molecule has 4 aromatic rings. The van der Waals surface area contributed by atoms with Crippen LogP contribution in [0.3, 0.4) is 0 Å². The Bertz CT molecular complexity index is 1190. The van der Waals surface area contributed by atoms with Gasteiger partial charge in [0.15, 0.2) is 5.69 Å². The van der Waals surface area contributed by atoms with E-state index < -0.39 is 0 Å². The first-order valence-electron chi connectivity index (χ1n) is 10.4. The molecular formula is C28H30N+. The molecule has 0 bridgehead atoms. The highest BCUT2D eigenvalue weighted by atomic mass is 14.9. The topological polar surface area (TPSA) is 3.88 Å². The van der Waals surface area contributed by atoms with Crippen molar-refractivity contribution in [3.63, 3.8) is 0 Å². The van der Waals surface area contributed by atoms with Crippen molar-refractivity contribution >= 4 is 10.8 Å². The first kappa shape index (κ1) is 19.4. The Balaban J connectivity index is 2.00. The number of rotatable bonds is 2. The van der Waals surface area contributed by atoms with E-state index in [0.29, 0.717) is 0 Å². The molecule has 0 aliphatic rings. The van der Waals surface area contributed by atoms with Gasteiger partial charge in [-0.2, -0.15) is 4.57 Å². The molecular weight excluding hydrogens is 350 g/mol. The van der Waals surface area contributed by atoms with Gasteiger partial charge in [0.05, 0.1) is 10.9 Å². The van der Waals surface area contributed by atoms with Crippen LogP contribution in [0.5, 0.6) is 0 Å². The standard InChI is InChI=1S/C28H30N/c1-19-12-13-22(21-10-8-7-9-11-21)18-26(19)27-25-15-14-24(28(3,4)5)17-23(25)16-20(2)29(27)6/h7-18H,1-6H3/q+1. The van der Waals surface area contributed by atoms with E-state index in [0.717, 1.165) is 0 Å². The normalized spacial score (nSPS) is 11.8. The molecule has 4 rings (SSSR count). The van der Waals surface area contributed by atoms with E-state index >= 15 is 0 Å². The summed E-state index contributed by atoms with van der Waals surface area (Å²) < 4.78 is 2.33. The van der Waals surface area contributed by atoms with E-state index in [9.17, 15) is 0 Å². The molecule has 1 aromatic heterocycles. The summed E-state index contributed by atoms with van der Waals surface area (Å²) in [6, 6.07) is 26.7. The zero-order valence-corrected chi connectivity index (χ0v) is 18.4. The lowest BCUT2D eigenvalue weighted by Gasteiger charge is -2.20. The van der Waals surface area contributed by atoms with Crippen molar-refractivity contribution in [1.82, 2.24) is 0 Å². The van der Waals surface area contributed by atoms with Gasteiger partial charge in [-0.3, -0.25) is 0 Å². The van der Waals surface area contributed by atoms with E-state index in [1.54, 1.807) is 0 Å². The second-order valence-electron chi connectivity index (χ2n) is 9.14. The van der Waals surface area contributed by atoms with Gasteiger partial charge in [-0.15, -0.1) is 0 Å². The van der Waals surface area contributed by atoms with Crippen LogP contribution in [0.25, 0.3) is 33.2 Å². The minimum Gasteiger partial charge on any atom is -0.198 e. The van der Waals surface area contributed by atoms with Crippen molar-refractivity contribution in [3.05, 3.63) is 89.6 Å². The third-order valence-electron chi connectivity index (χ3n) is 6.00. The van der Waals surface area contributed by atoms with E-state index in [2.05, 4.69) is 119 Å². The molecule has 0 N–H and O–H groups in total. The highest BCUT2D eigenvalue weighted by molar-refractivity contribution is 5.95. The first-order valence-corrected chi connectivity index (χ1v) is 10.4. The highest BCUT2D eigenvalue weighted by Crippen LogP contribution is 2.34. The highest BCUT2D eigenvalue weighted by Gasteiger charge is 2.22. The summed E-state index contributed by atoms with van der Waals surface area (Å²) >= 11 is 0. The van der Waals surface area contributed by atoms with Crippen LogP contribution >= 0.6 is 0 Å². The van der Waals surface area contributed by atoms with Gasteiger partial charge < -0.3 is 0 Å². The van der Waals surface area contributed by atoms with Crippen molar-refractivity contribution < 1.29 is 4.57 Å². The van der Waals surface area contributed by atoms with Crippen molar-refractivity contribution in [2.24, 2.45) is 7.05 Å². The van der Waals surface area contributed by atoms with Gasteiger partial charge >= 0.3 is 0 Å². The Morgan fingerprint density at radius 3 is 2.14 bits per heavy atom. The predicted molar refractivity (Wildman–Crippen MR) is 124 cm³/mol. The average Bonchev–Trinajstić information content (AvgIpc) is 2.69. The Kier molecular flexibility index (Phi) is 4.78. The number of aryl methyl sites for hydroxylation is 2. The third kappa shape index (κ3) is 3.58. The fourth-order valence-corrected chi connectivity index (χ4v) is 4.06. The molecule has 1 heterocycles. The largest absolute Gasteiger partial charge is 0.220 e. The summed E-state index contributed by atoms with van der Waals surface area (Å²) in [6.07, 6.45) is 0. The smallest absolute Gasteiger partial charge is 0.198 e. The molecule has 0 amide bonds. The monoisotopic (exact) mass is 380 g/mol. The fraction of sp³-hybridized carbons (Fsp3) is 0.250. The van der Waals surface area contributed by atoms with Gasteiger partial charge in [-0.05, 0) is 52.1 Å². The summed E-state index contributed by atoms with van der Waals surface area (Å²) in [4.78, 5) is 0. The Morgan fingerprint density at radius 2 is 1.45 bits per heavy atom. The molecule has 0 spiro atoms. The Morgan fingerprint density at radius 1 is 0.724 bits per heavy atom. The van der Waals surface area contributed by atoms with E-state index in [4.69, 9.17) is 0 Å². The van der Waals surface area contributed by atoms with Gasteiger partial charge in [0, 0.05) is 13.0 Å². The van der Waals surface area contributed by atoms with Crippen LogP contribution in [0, 0.1) is 13.8 Å². The van der Waals surface area contributed by atoms with Crippen LogP contribution in [-0.4, -0.2) is 0 Å². The Hall–Kier alpha value is -2.93. The zero-order chi connectivity index (χ0) is 20.8. The van der Waals surface area contributed by atoms with Gasteiger partial charge in [0.25, 0.3) is 0 Å². The van der Waals surface area contributed by atoms with Crippen molar-refractivity contribution in [2.75, 3.05) is 0 Å². The molecule has 0 atom stereocenters. The maximum atomic E-state index is 2.36. The van der Waals surface area contributed by atoms with Crippen LogP contribution < -0.4 is 4.57 Å². The van der Waals surface area contributed by atoms with Gasteiger partial charge in [0.1, 0.15) is 7.05 Å². The molecule has 0 unspecified atom stereocenters. The Labute approximate surface area is 174 Å². The quantitative estimate of drug-likeness (QED) is 0.333. The number of hydrogen-bond donors (Lipinski definition) is 0. The molecule has 0 saturated heterocycles. The summed E-state index contributed by atoms with van der Waals surface area (Å²) in [5, 5.41) is 2.62. The third-order valence-corrected chi connectivity index (χ3v) is 6.00. The lowest BCUT2D eigenvalue weighted by Crippen LogP contribution is -2.35. The molecule has 0 fully saturated rings. The minimum absolute atomic E-state index is 0.142. The van der Waals surface area contributed by atoms with Crippen LogP contribution in [0.2, 0.25) is 0 Å². The van der Waals surface area contributed by atoms with E-state index in [1.807, 2.05) is 0 Å². The lowest BCUT2D eigenvalue weighted by molar-refractivity contribution is -0.665. The van der Waals surface area contributed by atoms with Crippen LogP contribution in [-0.2, 0) is 12.5 Å². The average molecular weight is 381 g/mol. The maximum Gasteiger partial charge on any atom is 0.220 e. The molecule has 146 valence electrons.